The lowest BCUT2D eigenvalue weighted by Gasteiger charge is -2.04. The molecular formula is C16H14FNO. The fraction of sp³-hybridized carbons (Fsp3) is 0.0625. The molecule has 0 amide bonds. The Bertz CT molecular complexity index is 588. The van der Waals surface area contributed by atoms with Gasteiger partial charge >= 0.3 is 0 Å². The van der Waals surface area contributed by atoms with E-state index in [0.29, 0.717) is 11.3 Å². The SMILES string of the molecule is C=C(F)C(=Nc1ccc(OC)cc1)c1ccccc1. The van der Waals surface area contributed by atoms with Gasteiger partial charge < -0.3 is 4.74 Å². The Kier molecular flexibility index (Phi) is 4.08. The molecular weight excluding hydrogens is 241 g/mol. The lowest BCUT2D eigenvalue weighted by Crippen LogP contribution is -2.00. The number of rotatable bonds is 4. The van der Waals surface area contributed by atoms with Crippen LogP contribution in [0.25, 0.3) is 0 Å². The van der Waals surface area contributed by atoms with Crippen LogP contribution >= 0.6 is 0 Å². The fourth-order valence-electron chi connectivity index (χ4n) is 1.66. The summed E-state index contributed by atoms with van der Waals surface area (Å²) in [5.74, 6) is 0.182. The first-order valence-electron chi connectivity index (χ1n) is 5.83. The Balaban J connectivity index is 2.38. The number of methoxy groups -OCH3 is 1. The molecule has 0 N–H and O–H groups in total. The first kappa shape index (κ1) is 13.0. The lowest BCUT2D eigenvalue weighted by molar-refractivity contribution is 0.415. The summed E-state index contributed by atoms with van der Waals surface area (Å²) >= 11 is 0. The molecule has 0 radical (unpaired) electrons. The van der Waals surface area contributed by atoms with Gasteiger partial charge in [0.05, 0.1) is 12.8 Å². The molecule has 0 fully saturated rings. The van der Waals surface area contributed by atoms with E-state index in [9.17, 15) is 4.39 Å². The number of hydrogen-bond donors (Lipinski definition) is 0. The van der Waals surface area contributed by atoms with E-state index in [2.05, 4.69) is 11.6 Å². The lowest BCUT2D eigenvalue weighted by atomic mass is 10.1. The number of aliphatic imine (C=N–C) groups is 1. The van der Waals surface area contributed by atoms with Crippen molar-refractivity contribution in [3.05, 3.63) is 72.6 Å². The van der Waals surface area contributed by atoms with Gasteiger partial charge in [-0.3, -0.25) is 0 Å². The van der Waals surface area contributed by atoms with Crippen LogP contribution in [-0.4, -0.2) is 12.8 Å². The first-order valence-corrected chi connectivity index (χ1v) is 5.83. The van der Waals surface area contributed by atoms with Crippen LogP contribution in [0.3, 0.4) is 0 Å². The smallest absolute Gasteiger partial charge is 0.142 e. The summed E-state index contributed by atoms with van der Waals surface area (Å²) in [4.78, 5) is 4.29. The number of ether oxygens (including phenoxy) is 1. The van der Waals surface area contributed by atoms with E-state index in [1.807, 2.05) is 18.2 Å². The molecule has 0 spiro atoms. The second-order valence-corrected chi connectivity index (χ2v) is 3.93. The molecule has 3 heteroatoms. The molecule has 2 aromatic carbocycles. The van der Waals surface area contributed by atoms with Crippen LogP contribution in [0.4, 0.5) is 10.1 Å². The highest BCUT2D eigenvalue weighted by Gasteiger charge is 2.07. The number of allylic oxidation sites excluding steroid dienone is 1. The normalized spacial score (nSPS) is 11.2. The van der Waals surface area contributed by atoms with Gasteiger partial charge in [-0.1, -0.05) is 36.9 Å². The van der Waals surface area contributed by atoms with E-state index < -0.39 is 5.83 Å². The zero-order chi connectivity index (χ0) is 13.7. The summed E-state index contributed by atoms with van der Waals surface area (Å²) in [5.41, 5.74) is 1.59. The topological polar surface area (TPSA) is 21.6 Å². The van der Waals surface area contributed by atoms with Gasteiger partial charge in [0, 0.05) is 5.56 Å². The van der Waals surface area contributed by atoms with Crippen molar-refractivity contribution >= 4 is 11.4 Å². The monoisotopic (exact) mass is 255 g/mol. The maximum absolute atomic E-state index is 13.5. The minimum Gasteiger partial charge on any atom is -0.497 e. The van der Waals surface area contributed by atoms with Gasteiger partial charge in [0.25, 0.3) is 0 Å². The molecule has 0 aliphatic carbocycles. The van der Waals surface area contributed by atoms with Gasteiger partial charge in [0.2, 0.25) is 0 Å². The Morgan fingerprint density at radius 3 is 2.21 bits per heavy atom. The quantitative estimate of drug-likeness (QED) is 0.746. The first-order chi connectivity index (χ1) is 9.20. The summed E-state index contributed by atoms with van der Waals surface area (Å²) in [7, 11) is 1.59. The van der Waals surface area contributed by atoms with E-state index in [-0.39, 0.29) is 5.71 Å². The second-order valence-electron chi connectivity index (χ2n) is 3.93. The molecule has 19 heavy (non-hydrogen) atoms. The van der Waals surface area contributed by atoms with Gasteiger partial charge in [-0.25, -0.2) is 9.38 Å². The van der Waals surface area contributed by atoms with Gasteiger partial charge in [-0.05, 0) is 24.3 Å². The predicted octanol–water partition coefficient (Wildman–Crippen LogP) is 4.30. The number of hydrogen-bond acceptors (Lipinski definition) is 2. The van der Waals surface area contributed by atoms with Gasteiger partial charge in [-0.2, -0.15) is 0 Å². The number of nitrogens with zero attached hydrogens (tertiary/aromatic N) is 1. The Hall–Kier alpha value is -2.42. The Morgan fingerprint density at radius 2 is 1.68 bits per heavy atom. The Labute approximate surface area is 111 Å². The summed E-state index contributed by atoms with van der Waals surface area (Å²) in [6.07, 6.45) is 0. The molecule has 0 bridgehead atoms. The van der Waals surface area contributed by atoms with Gasteiger partial charge in [0.1, 0.15) is 17.3 Å². The summed E-state index contributed by atoms with van der Waals surface area (Å²) in [5, 5.41) is 0. The zero-order valence-electron chi connectivity index (χ0n) is 10.6. The molecule has 2 aromatic rings. The zero-order valence-corrected chi connectivity index (χ0v) is 10.6. The van der Waals surface area contributed by atoms with Crippen LogP contribution in [0.5, 0.6) is 5.75 Å². The maximum atomic E-state index is 13.5. The second kappa shape index (κ2) is 5.96. The third-order valence-electron chi connectivity index (χ3n) is 2.62. The molecule has 0 atom stereocenters. The van der Waals surface area contributed by atoms with Crippen LogP contribution in [0.2, 0.25) is 0 Å². The largest absolute Gasteiger partial charge is 0.497 e. The van der Waals surface area contributed by atoms with E-state index in [4.69, 9.17) is 4.74 Å². The van der Waals surface area contributed by atoms with E-state index in [0.717, 1.165) is 5.75 Å². The molecule has 0 unspecified atom stereocenters. The average molecular weight is 255 g/mol. The minimum absolute atomic E-state index is 0.241. The molecule has 96 valence electrons. The highest BCUT2D eigenvalue weighted by atomic mass is 19.1. The maximum Gasteiger partial charge on any atom is 0.142 e. The Morgan fingerprint density at radius 1 is 1.05 bits per heavy atom. The van der Waals surface area contributed by atoms with Crippen molar-refractivity contribution in [2.45, 2.75) is 0 Å². The molecule has 2 nitrogen and oxygen atoms in total. The molecule has 0 saturated heterocycles. The van der Waals surface area contributed by atoms with Crippen molar-refractivity contribution in [2.75, 3.05) is 7.11 Å². The van der Waals surface area contributed by atoms with Crippen molar-refractivity contribution < 1.29 is 9.13 Å². The molecule has 0 heterocycles. The molecule has 0 saturated carbocycles. The van der Waals surface area contributed by atoms with Crippen LogP contribution in [-0.2, 0) is 0 Å². The molecule has 0 aliphatic heterocycles. The third kappa shape index (κ3) is 3.28. The molecule has 0 aromatic heterocycles. The summed E-state index contributed by atoms with van der Waals surface area (Å²) in [6.45, 7) is 3.34. The van der Waals surface area contributed by atoms with Crippen LogP contribution in [0.15, 0.2) is 72.0 Å². The molecule has 0 aliphatic rings. The van der Waals surface area contributed by atoms with E-state index >= 15 is 0 Å². The highest BCUT2D eigenvalue weighted by molar-refractivity contribution is 6.11. The molecule has 2 rings (SSSR count). The van der Waals surface area contributed by atoms with Crippen LogP contribution < -0.4 is 4.74 Å². The van der Waals surface area contributed by atoms with Crippen molar-refractivity contribution in [1.82, 2.24) is 0 Å². The van der Waals surface area contributed by atoms with Gasteiger partial charge in [-0.15, -0.1) is 0 Å². The van der Waals surface area contributed by atoms with Crippen molar-refractivity contribution in [1.29, 1.82) is 0 Å². The number of benzene rings is 2. The third-order valence-corrected chi connectivity index (χ3v) is 2.62. The van der Waals surface area contributed by atoms with Crippen molar-refractivity contribution in [3.8, 4) is 5.75 Å². The van der Waals surface area contributed by atoms with Crippen molar-refractivity contribution in [2.24, 2.45) is 4.99 Å². The predicted molar refractivity (Wildman–Crippen MR) is 75.9 cm³/mol. The summed E-state index contributed by atoms with van der Waals surface area (Å²) in [6, 6.07) is 16.2. The number of halogens is 1. The highest BCUT2D eigenvalue weighted by Crippen LogP contribution is 2.20. The van der Waals surface area contributed by atoms with Crippen molar-refractivity contribution in [3.63, 3.8) is 0 Å². The van der Waals surface area contributed by atoms with E-state index in [1.54, 1.807) is 43.5 Å². The van der Waals surface area contributed by atoms with Crippen LogP contribution in [0, 0.1) is 0 Å². The standard InChI is InChI=1S/C16H14FNO/c1-12(17)16(13-6-4-3-5-7-13)18-14-8-10-15(19-2)11-9-14/h3-11H,1H2,2H3. The fourth-order valence-corrected chi connectivity index (χ4v) is 1.66. The average Bonchev–Trinajstić information content (AvgIpc) is 2.46. The minimum atomic E-state index is -0.554. The summed E-state index contributed by atoms with van der Waals surface area (Å²) < 4.78 is 18.6. The van der Waals surface area contributed by atoms with Gasteiger partial charge in [0.15, 0.2) is 0 Å². The van der Waals surface area contributed by atoms with E-state index in [1.165, 1.54) is 0 Å². The van der Waals surface area contributed by atoms with Crippen LogP contribution in [0.1, 0.15) is 5.56 Å².